The third-order valence-corrected chi connectivity index (χ3v) is 4.20. The van der Waals surface area contributed by atoms with Crippen LogP contribution >= 0.6 is 0 Å². The molecule has 0 unspecified atom stereocenters. The first kappa shape index (κ1) is 16.4. The molecule has 1 N–H and O–H groups in total. The standard InChI is InChI=1S/C20H23NO3/c1-4-23-18-9-7-14(12-19(18)24-5-2)11-16-15-10-13(3)6-8-17(15)21-20(16)22/h6-10,12,16H,4-5,11H2,1-3H3,(H,21,22)/t16-/m1/s1. The van der Waals surface area contributed by atoms with E-state index in [0.717, 1.165) is 33.9 Å². The average molecular weight is 325 g/mol. The number of amides is 1. The first-order chi connectivity index (χ1) is 11.6. The van der Waals surface area contributed by atoms with E-state index in [4.69, 9.17) is 9.47 Å². The van der Waals surface area contributed by atoms with Gasteiger partial charge in [0.1, 0.15) is 0 Å². The maximum atomic E-state index is 12.4. The van der Waals surface area contributed by atoms with Gasteiger partial charge in [-0.25, -0.2) is 0 Å². The van der Waals surface area contributed by atoms with Crippen LogP contribution in [0, 0.1) is 6.92 Å². The summed E-state index contributed by atoms with van der Waals surface area (Å²) in [5.74, 6) is 1.38. The molecule has 0 fully saturated rings. The summed E-state index contributed by atoms with van der Waals surface area (Å²) < 4.78 is 11.3. The molecule has 1 amide bonds. The molecule has 1 aliphatic rings. The molecule has 0 aromatic heterocycles. The van der Waals surface area contributed by atoms with Gasteiger partial charge in [-0.2, -0.15) is 0 Å². The predicted molar refractivity (Wildman–Crippen MR) is 95.0 cm³/mol. The molecule has 0 radical (unpaired) electrons. The molecule has 126 valence electrons. The number of hydrogen-bond acceptors (Lipinski definition) is 3. The number of fused-ring (bicyclic) bond motifs is 1. The molecule has 1 heterocycles. The Morgan fingerprint density at radius 2 is 1.75 bits per heavy atom. The molecule has 24 heavy (non-hydrogen) atoms. The predicted octanol–water partition coefficient (Wildman–Crippen LogP) is 4.07. The minimum absolute atomic E-state index is 0.0578. The van der Waals surface area contributed by atoms with Gasteiger partial charge in [0, 0.05) is 5.69 Å². The van der Waals surface area contributed by atoms with Crippen LogP contribution in [0.25, 0.3) is 0 Å². The van der Waals surface area contributed by atoms with Gasteiger partial charge in [0.2, 0.25) is 5.91 Å². The van der Waals surface area contributed by atoms with E-state index in [1.54, 1.807) is 0 Å². The van der Waals surface area contributed by atoms with E-state index >= 15 is 0 Å². The summed E-state index contributed by atoms with van der Waals surface area (Å²) in [6.07, 6.45) is 0.648. The summed E-state index contributed by atoms with van der Waals surface area (Å²) in [6.45, 7) is 7.12. The lowest BCUT2D eigenvalue weighted by Gasteiger charge is -2.14. The number of benzene rings is 2. The average Bonchev–Trinajstić information content (AvgIpc) is 2.86. The molecule has 0 aliphatic carbocycles. The Morgan fingerprint density at radius 3 is 2.50 bits per heavy atom. The SMILES string of the molecule is CCOc1ccc(C[C@H]2C(=O)Nc3ccc(C)cc32)cc1OCC. The molecule has 0 bridgehead atoms. The Labute approximate surface area is 142 Å². The lowest BCUT2D eigenvalue weighted by atomic mass is 9.92. The van der Waals surface area contributed by atoms with Crippen molar-refractivity contribution in [3.8, 4) is 11.5 Å². The van der Waals surface area contributed by atoms with Gasteiger partial charge in [-0.05, 0) is 56.5 Å². The van der Waals surface area contributed by atoms with Crippen molar-refractivity contribution in [2.75, 3.05) is 18.5 Å². The van der Waals surface area contributed by atoms with Crippen molar-refractivity contribution in [1.29, 1.82) is 0 Å². The Hall–Kier alpha value is -2.49. The van der Waals surface area contributed by atoms with Crippen LogP contribution in [0.4, 0.5) is 5.69 Å². The van der Waals surface area contributed by atoms with Crippen LogP contribution in [-0.4, -0.2) is 19.1 Å². The molecule has 0 spiro atoms. The number of rotatable bonds is 6. The van der Waals surface area contributed by atoms with E-state index < -0.39 is 0 Å². The van der Waals surface area contributed by atoms with Gasteiger partial charge in [-0.3, -0.25) is 4.79 Å². The number of ether oxygens (including phenoxy) is 2. The van der Waals surface area contributed by atoms with Gasteiger partial charge in [-0.1, -0.05) is 23.8 Å². The van der Waals surface area contributed by atoms with Crippen LogP contribution in [0.3, 0.4) is 0 Å². The number of anilines is 1. The number of carbonyl (C=O) groups excluding carboxylic acids is 1. The molecule has 1 aliphatic heterocycles. The number of nitrogens with one attached hydrogen (secondary N) is 1. The molecule has 1 atom stereocenters. The number of carbonyl (C=O) groups is 1. The fourth-order valence-electron chi connectivity index (χ4n) is 3.11. The molecule has 4 nitrogen and oxygen atoms in total. The Bertz CT molecular complexity index is 755. The monoisotopic (exact) mass is 325 g/mol. The molecule has 0 saturated carbocycles. The van der Waals surface area contributed by atoms with Crippen LogP contribution in [0.15, 0.2) is 36.4 Å². The largest absolute Gasteiger partial charge is 0.490 e. The van der Waals surface area contributed by atoms with Crippen molar-refractivity contribution >= 4 is 11.6 Å². The Kier molecular flexibility index (Phi) is 4.74. The highest BCUT2D eigenvalue weighted by Crippen LogP contribution is 2.37. The topological polar surface area (TPSA) is 47.6 Å². The quantitative estimate of drug-likeness (QED) is 0.871. The van der Waals surface area contributed by atoms with Crippen molar-refractivity contribution in [3.05, 3.63) is 53.1 Å². The van der Waals surface area contributed by atoms with E-state index in [2.05, 4.69) is 11.4 Å². The maximum absolute atomic E-state index is 12.4. The van der Waals surface area contributed by atoms with Crippen LogP contribution in [0.5, 0.6) is 11.5 Å². The van der Waals surface area contributed by atoms with Crippen molar-refractivity contribution in [2.45, 2.75) is 33.1 Å². The Morgan fingerprint density at radius 1 is 1.00 bits per heavy atom. The highest BCUT2D eigenvalue weighted by atomic mass is 16.5. The van der Waals surface area contributed by atoms with Gasteiger partial charge in [-0.15, -0.1) is 0 Å². The van der Waals surface area contributed by atoms with Crippen molar-refractivity contribution in [1.82, 2.24) is 0 Å². The molecule has 0 saturated heterocycles. The van der Waals surface area contributed by atoms with Crippen LogP contribution in [0.1, 0.15) is 36.5 Å². The van der Waals surface area contributed by atoms with E-state index in [-0.39, 0.29) is 11.8 Å². The highest BCUT2D eigenvalue weighted by Gasteiger charge is 2.30. The molecule has 4 heteroatoms. The maximum Gasteiger partial charge on any atom is 0.232 e. The lowest BCUT2D eigenvalue weighted by Crippen LogP contribution is -2.14. The van der Waals surface area contributed by atoms with E-state index in [0.29, 0.717) is 19.6 Å². The molecular formula is C20H23NO3. The zero-order valence-electron chi connectivity index (χ0n) is 14.4. The van der Waals surface area contributed by atoms with E-state index in [1.165, 1.54) is 0 Å². The fraction of sp³-hybridized carbons (Fsp3) is 0.350. The van der Waals surface area contributed by atoms with Gasteiger partial charge >= 0.3 is 0 Å². The first-order valence-corrected chi connectivity index (χ1v) is 8.42. The van der Waals surface area contributed by atoms with Gasteiger partial charge in [0.15, 0.2) is 11.5 Å². The van der Waals surface area contributed by atoms with Gasteiger partial charge in [0.25, 0.3) is 0 Å². The van der Waals surface area contributed by atoms with E-state index in [1.807, 2.05) is 51.1 Å². The van der Waals surface area contributed by atoms with Gasteiger partial charge in [0.05, 0.1) is 19.1 Å². The van der Waals surface area contributed by atoms with Crippen LogP contribution in [0.2, 0.25) is 0 Å². The van der Waals surface area contributed by atoms with Crippen molar-refractivity contribution in [3.63, 3.8) is 0 Å². The summed E-state index contributed by atoms with van der Waals surface area (Å²) in [5.41, 5.74) is 4.23. The zero-order chi connectivity index (χ0) is 17.1. The first-order valence-electron chi connectivity index (χ1n) is 8.42. The van der Waals surface area contributed by atoms with Gasteiger partial charge < -0.3 is 14.8 Å². The second-order valence-corrected chi connectivity index (χ2v) is 5.98. The van der Waals surface area contributed by atoms with Crippen molar-refractivity contribution in [2.24, 2.45) is 0 Å². The molecule has 2 aromatic rings. The van der Waals surface area contributed by atoms with E-state index in [9.17, 15) is 4.79 Å². The third kappa shape index (κ3) is 3.23. The van der Waals surface area contributed by atoms with Crippen LogP contribution < -0.4 is 14.8 Å². The highest BCUT2D eigenvalue weighted by molar-refractivity contribution is 6.03. The summed E-state index contributed by atoms with van der Waals surface area (Å²) in [6, 6.07) is 12.0. The summed E-state index contributed by atoms with van der Waals surface area (Å²) in [7, 11) is 0. The number of hydrogen-bond donors (Lipinski definition) is 1. The van der Waals surface area contributed by atoms with Crippen LogP contribution in [-0.2, 0) is 11.2 Å². The minimum Gasteiger partial charge on any atom is -0.490 e. The lowest BCUT2D eigenvalue weighted by molar-refractivity contribution is -0.117. The normalized spacial score (nSPS) is 15.8. The summed E-state index contributed by atoms with van der Waals surface area (Å²) in [4.78, 5) is 12.4. The molecule has 2 aromatic carbocycles. The smallest absolute Gasteiger partial charge is 0.232 e. The minimum atomic E-state index is -0.160. The third-order valence-electron chi connectivity index (χ3n) is 4.20. The summed E-state index contributed by atoms with van der Waals surface area (Å²) in [5, 5.41) is 2.97. The zero-order valence-corrected chi connectivity index (χ0v) is 14.4. The fourth-order valence-corrected chi connectivity index (χ4v) is 3.11. The summed E-state index contributed by atoms with van der Waals surface area (Å²) >= 11 is 0. The van der Waals surface area contributed by atoms with Crippen molar-refractivity contribution < 1.29 is 14.3 Å². The second-order valence-electron chi connectivity index (χ2n) is 5.98. The molecular weight excluding hydrogens is 302 g/mol. The molecule has 3 rings (SSSR count). The Balaban J connectivity index is 1.87. The second kappa shape index (κ2) is 6.95. The number of aryl methyl sites for hydroxylation is 1.